The number of imidazole rings is 1. The summed E-state index contributed by atoms with van der Waals surface area (Å²) < 4.78 is 10.5. The first-order valence-corrected chi connectivity index (χ1v) is 6.05. The number of fused-ring (bicyclic) bond motifs is 1. The number of pyridine rings is 1. The largest absolute Gasteiger partial charge is 0.493 e. The van der Waals surface area contributed by atoms with Gasteiger partial charge in [-0.1, -0.05) is 0 Å². The standard InChI is InChI=1S/C14H14N4O2/c1-19-11-4-3-8(5-12(11)20-2)13-17-10-6-9(15)7-16-14(10)18-13/h3-7H,15H2,1-2H3,(H,16,17,18). The molecule has 0 aliphatic heterocycles. The molecule has 20 heavy (non-hydrogen) atoms. The Kier molecular flexibility index (Phi) is 2.90. The lowest BCUT2D eigenvalue weighted by molar-refractivity contribution is 0.355. The molecule has 0 saturated carbocycles. The van der Waals surface area contributed by atoms with Gasteiger partial charge in [-0.2, -0.15) is 0 Å². The fourth-order valence-corrected chi connectivity index (χ4v) is 2.04. The van der Waals surface area contributed by atoms with Gasteiger partial charge in [0.25, 0.3) is 0 Å². The summed E-state index contributed by atoms with van der Waals surface area (Å²) in [5.41, 5.74) is 8.62. The number of rotatable bonds is 3. The summed E-state index contributed by atoms with van der Waals surface area (Å²) in [6, 6.07) is 7.41. The third kappa shape index (κ3) is 2.01. The minimum atomic E-state index is 0.597. The number of aromatic nitrogens is 3. The molecule has 2 heterocycles. The second kappa shape index (κ2) is 4.73. The Labute approximate surface area is 115 Å². The second-order valence-corrected chi connectivity index (χ2v) is 4.29. The van der Waals surface area contributed by atoms with Crippen LogP contribution < -0.4 is 15.2 Å². The Balaban J connectivity index is 2.10. The minimum absolute atomic E-state index is 0.597. The van der Waals surface area contributed by atoms with Crippen LogP contribution in [0.5, 0.6) is 11.5 Å². The lowest BCUT2D eigenvalue weighted by atomic mass is 10.2. The molecule has 0 bridgehead atoms. The molecule has 0 fully saturated rings. The highest BCUT2D eigenvalue weighted by atomic mass is 16.5. The number of ether oxygens (including phenoxy) is 2. The molecule has 2 aromatic heterocycles. The molecule has 0 saturated heterocycles. The van der Waals surface area contributed by atoms with Crippen molar-refractivity contribution in [2.45, 2.75) is 0 Å². The number of methoxy groups -OCH3 is 2. The molecule has 0 spiro atoms. The SMILES string of the molecule is COc1ccc(-c2nc3ncc(N)cc3[nH]2)cc1OC. The molecule has 3 rings (SSSR count). The monoisotopic (exact) mass is 270 g/mol. The van der Waals surface area contributed by atoms with E-state index in [0.717, 1.165) is 11.1 Å². The number of hydrogen-bond donors (Lipinski definition) is 2. The van der Waals surface area contributed by atoms with Crippen molar-refractivity contribution in [1.82, 2.24) is 15.0 Å². The Morgan fingerprint density at radius 3 is 2.65 bits per heavy atom. The van der Waals surface area contributed by atoms with Crippen molar-refractivity contribution >= 4 is 16.9 Å². The van der Waals surface area contributed by atoms with E-state index < -0.39 is 0 Å². The zero-order valence-electron chi connectivity index (χ0n) is 11.2. The van der Waals surface area contributed by atoms with Gasteiger partial charge in [-0.15, -0.1) is 0 Å². The zero-order valence-corrected chi connectivity index (χ0v) is 11.2. The minimum Gasteiger partial charge on any atom is -0.493 e. The molecule has 3 aromatic rings. The van der Waals surface area contributed by atoms with Crippen molar-refractivity contribution in [2.24, 2.45) is 0 Å². The van der Waals surface area contributed by atoms with Gasteiger partial charge in [0.05, 0.1) is 31.6 Å². The fraction of sp³-hybridized carbons (Fsp3) is 0.143. The average molecular weight is 270 g/mol. The summed E-state index contributed by atoms with van der Waals surface area (Å²) >= 11 is 0. The molecule has 1 aromatic carbocycles. The van der Waals surface area contributed by atoms with Crippen molar-refractivity contribution in [3.8, 4) is 22.9 Å². The number of benzene rings is 1. The van der Waals surface area contributed by atoms with Crippen LogP contribution in [0.1, 0.15) is 0 Å². The maximum atomic E-state index is 5.71. The van der Waals surface area contributed by atoms with Crippen LogP contribution in [0.25, 0.3) is 22.6 Å². The third-order valence-corrected chi connectivity index (χ3v) is 3.02. The van der Waals surface area contributed by atoms with Gasteiger partial charge >= 0.3 is 0 Å². The van der Waals surface area contributed by atoms with E-state index in [1.54, 1.807) is 26.5 Å². The summed E-state index contributed by atoms with van der Waals surface area (Å²) in [4.78, 5) is 11.8. The smallest absolute Gasteiger partial charge is 0.178 e. The first-order valence-electron chi connectivity index (χ1n) is 6.05. The van der Waals surface area contributed by atoms with Gasteiger partial charge in [0.15, 0.2) is 17.1 Å². The van der Waals surface area contributed by atoms with E-state index in [9.17, 15) is 0 Å². The van der Waals surface area contributed by atoms with Crippen molar-refractivity contribution < 1.29 is 9.47 Å². The van der Waals surface area contributed by atoms with Crippen LogP contribution in [0.3, 0.4) is 0 Å². The number of nitrogens with zero attached hydrogens (tertiary/aromatic N) is 2. The Morgan fingerprint density at radius 1 is 1.10 bits per heavy atom. The van der Waals surface area contributed by atoms with E-state index in [2.05, 4.69) is 15.0 Å². The molecule has 0 atom stereocenters. The first kappa shape index (κ1) is 12.3. The van der Waals surface area contributed by atoms with Gasteiger partial charge in [-0.25, -0.2) is 9.97 Å². The highest BCUT2D eigenvalue weighted by Gasteiger charge is 2.10. The molecule has 0 amide bonds. The van der Waals surface area contributed by atoms with Gasteiger partial charge < -0.3 is 20.2 Å². The number of H-pyrrole nitrogens is 1. The number of aromatic amines is 1. The van der Waals surface area contributed by atoms with Crippen LogP contribution in [-0.4, -0.2) is 29.2 Å². The van der Waals surface area contributed by atoms with Crippen molar-refractivity contribution in [3.05, 3.63) is 30.5 Å². The van der Waals surface area contributed by atoms with Gasteiger partial charge in [0, 0.05) is 5.56 Å². The van der Waals surface area contributed by atoms with Gasteiger partial charge in [-0.05, 0) is 24.3 Å². The lowest BCUT2D eigenvalue weighted by Crippen LogP contribution is -1.91. The Bertz CT molecular complexity index is 767. The van der Waals surface area contributed by atoms with Gasteiger partial charge in [0.1, 0.15) is 5.82 Å². The van der Waals surface area contributed by atoms with E-state index in [1.807, 2.05) is 18.2 Å². The van der Waals surface area contributed by atoms with Gasteiger partial charge in [-0.3, -0.25) is 0 Å². The summed E-state index contributed by atoms with van der Waals surface area (Å²) in [6.07, 6.45) is 1.58. The topological polar surface area (TPSA) is 86.0 Å². The molecule has 6 heteroatoms. The van der Waals surface area contributed by atoms with Crippen LogP contribution in [0.4, 0.5) is 5.69 Å². The number of hydrogen-bond acceptors (Lipinski definition) is 5. The predicted octanol–water partition coefficient (Wildman–Crippen LogP) is 2.22. The molecule has 0 aliphatic carbocycles. The van der Waals surface area contributed by atoms with E-state index in [1.165, 1.54) is 0 Å². The average Bonchev–Trinajstić information content (AvgIpc) is 2.89. The molecular formula is C14H14N4O2. The van der Waals surface area contributed by atoms with Crippen molar-refractivity contribution in [1.29, 1.82) is 0 Å². The third-order valence-electron chi connectivity index (χ3n) is 3.02. The van der Waals surface area contributed by atoms with Crippen molar-refractivity contribution in [3.63, 3.8) is 0 Å². The number of anilines is 1. The van der Waals surface area contributed by atoms with E-state index in [0.29, 0.717) is 28.7 Å². The number of nitrogen functional groups attached to an aromatic ring is 1. The second-order valence-electron chi connectivity index (χ2n) is 4.29. The first-order chi connectivity index (χ1) is 9.71. The Hall–Kier alpha value is -2.76. The quantitative estimate of drug-likeness (QED) is 0.762. The highest BCUT2D eigenvalue weighted by molar-refractivity contribution is 5.78. The molecule has 102 valence electrons. The van der Waals surface area contributed by atoms with Crippen LogP contribution in [0, 0.1) is 0 Å². The number of nitrogens with one attached hydrogen (secondary N) is 1. The molecule has 0 unspecified atom stereocenters. The highest BCUT2D eigenvalue weighted by Crippen LogP contribution is 2.31. The predicted molar refractivity (Wildman–Crippen MR) is 76.8 cm³/mol. The summed E-state index contributed by atoms with van der Waals surface area (Å²) in [7, 11) is 3.20. The zero-order chi connectivity index (χ0) is 14.1. The molecule has 0 radical (unpaired) electrons. The fourth-order valence-electron chi connectivity index (χ4n) is 2.04. The summed E-state index contributed by atoms with van der Waals surface area (Å²) in [5, 5.41) is 0. The normalized spacial score (nSPS) is 10.7. The maximum absolute atomic E-state index is 5.71. The molecule has 3 N–H and O–H groups in total. The summed E-state index contributed by atoms with van der Waals surface area (Å²) in [6.45, 7) is 0. The molecule has 6 nitrogen and oxygen atoms in total. The van der Waals surface area contributed by atoms with E-state index >= 15 is 0 Å². The molecule has 0 aliphatic rings. The van der Waals surface area contributed by atoms with E-state index in [4.69, 9.17) is 15.2 Å². The van der Waals surface area contributed by atoms with Crippen LogP contribution in [-0.2, 0) is 0 Å². The van der Waals surface area contributed by atoms with E-state index in [-0.39, 0.29) is 0 Å². The van der Waals surface area contributed by atoms with Crippen LogP contribution in [0.15, 0.2) is 30.5 Å². The maximum Gasteiger partial charge on any atom is 0.178 e. The summed E-state index contributed by atoms with van der Waals surface area (Å²) in [5.74, 6) is 2.03. The Morgan fingerprint density at radius 2 is 1.90 bits per heavy atom. The van der Waals surface area contributed by atoms with Crippen molar-refractivity contribution in [2.75, 3.05) is 20.0 Å². The number of nitrogens with two attached hydrogens (primary N) is 1. The van der Waals surface area contributed by atoms with Crippen LogP contribution >= 0.6 is 0 Å². The van der Waals surface area contributed by atoms with Gasteiger partial charge in [0.2, 0.25) is 0 Å². The lowest BCUT2D eigenvalue weighted by Gasteiger charge is -2.08. The molecular weight excluding hydrogens is 256 g/mol. The van der Waals surface area contributed by atoms with Crippen LogP contribution in [0.2, 0.25) is 0 Å².